The van der Waals surface area contributed by atoms with E-state index in [9.17, 15) is 22.4 Å². The van der Waals surface area contributed by atoms with Crippen molar-refractivity contribution in [3.8, 4) is 0 Å². The largest absolute Gasteiger partial charge is 0.455 e. The van der Waals surface area contributed by atoms with Gasteiger partial charge in [-0.3, -0.25) is 9.59 Å². The predicted octanol–water partition coefficient (Wildman–Crippen LogP) is 2.49. The summed E-state index contributed by atoms with van der Waals surface area (Å²) in [6.07, 6.45) is 0.952. The molecule has 1 fully saturated rings. The van der Waals surface area contributed by atoms with Crippen LogP contribution in [0, 0.1) is 11.7 Å². The number of rotatable bonds is 8. The molecule has 1 heterocycles. The summed E-state index contributed by atoms with van der Waals surface area (Å²) in [5.41, 5.74) is 2.00. The number of piperidine rings is 1. The topological polar surface area (TPSA) is 87.2 Å². The Labute approximate surface area is 200 Å². The molecule has 1 amide bonds. The molecule has 2 aromatic rings. The molecule has 0 N–H and O–H groups in total. The van der Waals surface area contributed by atoms with Gasteiger partial charge in [0.15, 0.2) is 6.61 Å². The van der Waals surface area contributed by atoms with Gasteiger partial charge in [0, 0.05) is 46.5 Å². The number of halogens is 1. The van der Waals surface area contributed by atoms with Crippen molar-refractivity contribution in [2.24, 2.45) is 5.92 Å². The fraction of sp³-hybridized carbons (Fsp3) is 0.417. The van der Waals surface area contributed by atoms with Crippen LogP contribution in [0.3, 0.4) is 0 Å². The summed E-state index contributed by atoms with van der Waals surface area (Å²) in [7, 11) is 1.67. The van der Waals surface area contributed by atoms with E-state index in [1.807, 2.05) is 43.3 Å². The van der Waals surface area contributed by atoms with Crippen molar-refractivity contribution in [3.63, 3.8) is 0 Å². The van der Waals surface area contributed by atoms with E-state index in [-0.39, 0.29) is 23.9 Å². The quantitative estimate of drug-likeness (QED) is 0.528. The summed E-state index contributed by atoms with van der Waals surface area (Å²) in [6.45, 7) is 0.183. The molecule has 1 aliphatic rings. The van der Waals surface area contributed by atoms with Gasteiger partial charge in [0.2, 0.25) is 10.0 Å². The zero-order chi connectivity index (χ0) is 24.9. The van der Waals surface area contributed by atoms with Gasteiger partial charge in [0.25, 0.3) is 5.91 Å². The highest BCUT2D eigenvalue weighted by atomic mass is 32.2. The molecule has 10 heteroatoms. The Bertz CT molecular complexity index is 1100. The summed E-state index contributed by atoms with van der Waals surface area (Å²) < 4.78 is 45.3. The number of anilines is 1. The lowest BCUT2D eigenvalue weighted by molar-refractivity contribution is -0.156. The second kappa shape index (κ2) is 11.0. The molecule has 0 saturated carbocycles. The smallest absolute Gasteiger partial charge is 0.310 e. The third kappa shape index (κ3) is 6.32. The number of benzene rings is 2. The van der Waals surface area contributed by atoms with E-state index in [2.05, 4.69) is 0 Å². The Morgan fingerprint density at radius 2 is 1.71 bits per heavy atom. The van der Waals surface area contributed by atoms with Crippen LogP contribution in [0.15, 0.2) is 53.4 Å². The first-order chi connectivity index (χ1) is 16.1. The van der Waals surface area contributed by atoms with E-state index in [4.69, 9.17) is 4.74 Å². The number of hydrogen-bond acceptors (Lipinski definition) is 6. The number of carbonyl (C=O) groups excluding carboxylic acids is 2. The molecule has 8 nitrogen and oxygen atoms in total. The van der Waals surface area contributed by atoms with Gasteiger partial charge >= 0.3 is 5.97 Å². The average Bonchev–Trinajstić information content (AvgIpc) is 2.83. The zero-order valence-electron chi connectivity index (χ0n) is 19.6. The summed E-state index contributed by atoms with van der Waals surface area (Å²) in [5, 5.41) is 0. The molecule has 0 spiro atoms. The maximum Gasteiger partial charge on any atom is 0.310 e. The van der Waals surface area contributed by atoms with Crippen LogP contribution in [-0.4, -0.2) is 70.3 Å². The average molecular weight is 492 g/mol. The molecular formula is C24H30FN3O5S. The number of carbonyl (C=O) groups is 2. The molecule has 1 saturated heterocycles. The molecule has 0 aliphatic carbocycles. The lowest BCUT2D eigenvalue weighted by Crippen LogP contribution is -2.43. The standard InChI is InChI=1S/C24H30FN3O5S/c1-26(2)21-10-6-18(7-11-21)15-27(3)23(29)17-33-24(30)19-5-4-14-28(16-19)34(31,32)22-12-8-20(25)9-13-22/h6-13,19H,4-5,14-17H2,1-3H3. The fourth-order valence-corrected chi connectivity index (χ4v) is 5.26. The van der Waals surface area contributed by atoms with Crippen molar-refractivity contribution < 1.29 is 27.1 Å². The van der Waals surface area contributed by atoms with Crippen molar-refractivity contribution in [2.75, 3.05) is 45.7 Å². The minimum Gasteiger partial charge on any atom is -0.455 e. The normalized spacial score (nSPS) is 16.6. The molecule has 1 atom stereocenters. The molecule has 3 rings (SSSR count). The minimum absolute atomic E-state index is 0.0293. The Morgan fingerprint density at radius 1 is 1.06 bits per heavy atom. The van der Waals surface area contributed by atoms with Crippen LogP contribution < -0.4 is 4.90 Å². The molecular weight excluding hydrogens is 461 g/mol. The Morgan fingerprint density at radius 3 is 2.32 bits per heavy atom. The third-order valence-electron chi connectivity index (χ3n) is 5.81. The highest BCUT2D eigenvalue weighted by molar-refractivity contribution is 7.89. The number of amides is 1. The van der Waals surface area contributed by atoms with E-state index in [0.717, 1.165) is 23.4 Å². The maximum atomic E-state index is 13.2. The summed E-state index contributed by atoms with van der Waals surface area (Å²) in [5.74, 6) is -2.15. The summed E-state index contributed by atoms with van der Waals surface area (Å²) in [4.78, 5) is 28.4. The molecule has 1 aliphatic heterocycles. The van der Waals surface area contributed by atoms with Gasteiger partial charge in [0.1, 0.15) is 5.82 Å². The first kappa shape index (κ1) is 25.6. The van der Waals surface area contributed by atoms with Gasteiger partial charge < -0.3 is 14.5 Å². The molecule has 0 aromatic heterocycles. The van der Waals surface area contributed by atoms with Gasteiger partial charge in [-0.05, 0) is 54.8 Å². The number of ether oxygens (including phenoxy) is 1. The Balaban J connectivity index is 1.52. The molecule has 0 radical (unpaired) electrons. The van der Waals surface area contributed by atoms with Crippen LogP contribution in [0.5, 0.6) is 0 Å². The second-order valence-electron chi connectivity index (χ2n) is 8.57. The molecule has 1 unspecified atom stereocenters. The van der Waals surface area contributed by atoms with Crippen molar-refractivity contribution in [1.82, 2.24) is 9.21 Å². The van der Waals surface area contributed by atoms with Crippen LogP contribution in [0.2, 0.25) is 0 Å². The number of likely N-dealkylation sites (N-methyl/N-ethyl adjacent to an activating group) is 1. The van der Waals surface area contributed by atoms with Crippen LogP contribution >= 0.6 is 0 Å². The van der Waals surface area contributed by atoms with Gasteiger partial charge in [-0.25, -0.2) is 12.8 Å². The highest BCUT2D eigenvalue weighted by Gasteiger charge is 2.34. The SMILES string of the molecule is CN(Cc1ccc(N(C)C)cc1)C(=O)COC(=O)C1CCCN(S(=O)(=O)c2ccc(F)cc2)C1. The molecule has 34 heavy (non-hydrogen) atoms. The Hall–Kier alpha value is -2.98. The van der Waals surface area contributed by atoms with Crippen molar-refractivity contribution in [2.45, 2.75) is 24.3 Å². The number of nitrogens with zero attached hydrogens (tertiary/aromatic N) is 3. The van der Waals surface area contributed by atoms with Crippen LogP contribution in [0.4, 0.5) is 10.1 Å². The molecule has 184 valence electrons. The molecule has 2 aromatic carbocycles. The van der Waals surface area contributed by atoms with Crippen LogP contribution in [0.25, 0.3) is 0 Å². The highest BCUT2D eigenvalue weighted by Crippen LogP contribution is 2.25. The van der Waals surface area contributed by atoms with E-state index in [0.29, 0.717) is 19.4 Å². The summed E-state index contributed by atoms with van der Waals surface area (Å²) in [6, 6.07) is 12.4. The van der Waals surface area contributed by atoms with Crippen LogP contribution in [-0.2, 0) is 30.9 Å². The second-order valence-corrected chi connectivity index (χ2v) is 10.5. The Kier molecular flexibility index (Phi) is 8.27. The summed E-state index contributed by atoms with van der Waals surface area (Å²) >= 11 is 0. The van der Waals surface area contributed by atoms with Gasteiger partial charge in [-0.15, -0.1) is 0 Å². The van der Waals surface area contributed by atoms with Crippen LogP contribution in [0.1, 0.15) is 18.4 Å². The monoisotopic (exact) mass is 491 g/mol. The zero-order valence-corrected chi connectivity index (χ0v) is 20.4. The minimum atomic E-state index is -3.85. The van der Waals surface area contributed by atoms with E-state index in [1.165, 1.54) is 21.3 Å². The van der Waals surface area contributed by atoms with E-state index in [1.54, 1.807) is 7.05 Å². The van der Waals surface area contributed by atoms with E-state index < -0.39 is 34.3 Å². The number of esters is 1. The van der Waals surface area contributed by atoms with Gasteiger partial charge in [-0.1, -0.05) is 12.1 Å². The first-order valence-electron chi connectivity index (χ1n) is 11.0. The first-order valence-corrected chi connectivity index (χ1v) is 12.4. The number of sulfonamides is 1. The lowest BCUT2D eigenvalue weighted by atomic mass is 10.00. The van der Waals surface area contributed by atoms with Gasteiger partial charge in [0.05, 0.1) is 10.8 Å². The maximum absolute atomic E-state index is 13.2. The third-order valence-corrected chi connectivity index (χ3v) is 7.68. The molecule has 0 bridgehead atoms. The van der Waals surface area contributed by atoms with Crippen molar-refractivity contribution in [1.29, 1.82) is 0 Å². The van der Waals surface area contributed by atoms with Crippen molar-refractivity contribution >= 4 is 27.6 Å². The fourth-order valence-electron chi connectivity index (χ4n) is 3.73. The predicted molar refractivity (Wildman–Crippen MR) is 126 cm³/mol. The lowest BCUT2D eigenvalue weighted by Gasteiger charge is -2.30. The number of hydrogen-bond donors (Lipinski definition) is 0. The van der Waals surface area contributed by atoms with E-state index >= 15 is 0 Å². The van der Waals surface area contributed by atoms with Crippen molar-refractivity contribution in [3.05, 3.63) is 59.9 Å². The van der Waals surface area contributed by atoms with Gasteiger partial charge in [-0.2, -0.15) is 4.31 Å².